The van der Waals surface area contributed by atoms with Gasteiger partial charge in [0.25, 0.3) is 11.8 Å². The molecule has 148 valence electrons. The largest absolute Gasteiger partial charge is 0.349 e. The minimum absolute atomic E-state index is 0.177. The Labute approximate surface area is 161 Å². The Morgan fingerprint density at radius 3 is 2.59 bits per heavy atom. The average molecular weight is 373 g/mol. The van der Waals surface area contributed by atoms with E-state index >= 15 is 0 Å². The quantitative estimate of drug-likeness (QED) is 0.778. The summed E-state index contributed by atoms with van der Waals surface area (Å²) in [7, 11) is 0. The van der Waals surface area contributed by atoms with Crippen molar-refractivity contribution in [3.63, 3.8) is 0 Å². The van der Waals surface area contributed by atoms with Gasteiger partial charge in [-0.05, 0) is 72.1 Å². The van der Waals surface area contributed by atoms with Gasteiger partial charge in [0.2, 0.25) is 0 Å². The molecule has 6 nitrogen and oxygen atoms in total. The third-order valence-corrected chi connectivity index (χ3v) is 5.14. The number of rotatable bonds is 5. The van der Waals surface area contributed by atoms with Crippen LogP contribution in [0.15, 0.2) is 11.6 Å². The topological polar surface area (TPSA) is 76.0 Å². The van der Waals surface area contributed by atoms with Crippen molar-refractivity contribution in [3.8, 4) is 0 Å². The van der Waals surface area contributed by atoms with E-state index in [4.69, 9.17) is 0 Å². The highest BCUT2D eigenvalue weighted by Gasteiger charge is 2.28. The summed E-state index contributed by atoms with van der Waals surface area (Å²) in [6.45, 7) is 7.21. The fourth-order valence-corrected chi connectivity index (χ4v) is 3.85. The van der Waals surface area contributed by atoms with E-state index in [1.807, 2.05) is 25.3 Å². The molecule has 2 heterocycles. The fourth-order valence-electron chi connectivity index (χ4n) is 3.85. The molecular weight excluding hydrogens is 340 g/mol. The third-order valence-electron chi connectivity index (χ3n) is 5.14. The number of carbonyl (C=O) groups is 2. The number of fused-ring (bicyclic) bond motifs is 1. The molecule has 1 aliphatic carbocycles. The molecule has 0 saturated heterocycles. The van der Waals surface area contributed by atoms with Crippen LogP contribution in [-0.4, -0.2) is 33.4 Å². The molecule has 1 aromatic heterocycles. The zero-order valence-corrected chi connectivity index (χ0v) is 16.9. The maximum Gasteiger partial charge on any atom is 0.287 e. The van der Waals surface area contributed by atoms with Gasteiger partial charge in [-0.1, -0.05) is 11.6 Å². The summed E-state index contributed by atoms with van der Waals surface area (Å²) in [6, 6.07) is 0. The smallest absolute Gasteiger partial charge is 0.287 e. The molecule has 0 atom stereocenters. The van der Waals surface area contributed by atoms with E-state index in [2.05, 4.69) is 21.7 Å². The molecule has 27 heavy (non-hydrogen) atoms. The van der Waals surface area contributed by atoms with Crippen LogP contribution >= 0.6 is 0 Å². The third kappa shape index (κ3) is 4.99. The molecule has 6 heteroatoms. The maximum absolute atomic E-state index is 12.7. The highest BCUT2D eigenvalue weighted by atomic mass is 16.2. The predicted octanol–water partition coefficient (Wildman–Crippen LogP) is 3.37. The van der Waals surface area contributed by atoms with Crippen molar-refractivity contribution < 1.29 is 9.59 Å². The van der Waals surface area contributed by atoms with Crippen molar-refractivity contribution in [3.05, 3.63) is 28.9 Å². The summed E-state index contributed by atoms with van der Waals surface area (Å²) >= 11 is 0. The van der Waals surface area contributed by atoms with Gasteiger partial charge in [0.15, 0.2) is 5.82 Å². The number of carbonyl (C=O) groups excluding carboxylic acids is 2. The van der Waals surface area contributed by atoms with Crippen molar-refractivity contribution in [1.82, 2.24) is 20.2 Å². The van der Waals surface area contributed by atoms with Crippen LogP contribution in [0.25, 0.3) is 0 Å². The van der Waals surface area contributed by atoms with Crippen LogP contribution in [0.3, 0.4) is 0 Å². The van der Waals surface area contributed by atoms with Crippen molar-refractivity contribution in [2.75, 3.05) is 6.54 Å². The van der Waals surface area contributed by atoms with Crippen LogP contribution < -0.4 is 10.6 Å². The van der Waals surface area contributed by atoms with Gasteiger partial charge < -0.3 is 15.2 Å². The summed E-state index contributed by atoms with van der Waals surface area (Å²) in [5.74, 6) is 0.00492. The molecule has 0 spiro atoms. The molecule has 0 fully saturated rings. The molecule has 1 aliphatic heterocycles. The van der Waals surface area contributed by atoms with Crippen LogP contribution in [0.2, 0.25) is 0 Å². The SMILES string of the molecule is CC(C)(C)NC(=O)c1nc(C(=O)NCCC2=CCCCC2)n2c1CCCC2. The number of allylic oxidation sites excluding steroid dienone is 1. The second-order valence-corrected chi connectivity index (χ2v) is 8.66. The van der Waals surface area contributed by atoms with Gasteiger partial charge in [0.05, 0.1) is 5.69 Å². The predicted molar refractivity (Wildman–Crippen MR) is 106 cm³/mol. The van der Waals surface area contributed by atoms with E-state index in [1.165, 1.54) is 18.4 Å². The average Bonchev–Trinajstić information content (AvgIpc) is 3.01. The number of imidazole rings is 1. The molecule has 0 saturated carbocycles. The van der Waals surface area contributed by atoms with E-state index in [1.54, 1.807) is 0 Å². The van der Waals surface area contributed by atoms with Gasteiger partial charge in [0, 0.05) is 18.6 Å². The molecule has 0 bridgehead atoms. The first-order valence-corrected chi connectivity index (χ1v) is 10.2. The maximum atomic E-state index is 12.7. The zero-order valence-electron chi connectivity index (χ0n) is 16.9. The molecule has 2 amide bonds. The van der Waals surface area contributed by atoms with Crippen LogP contribution in [0.1, 0.15) is 92.5 Å². The summed E-state index contributed by atoms with van der Waals surface area (Å²) in [5.41, 5.74) is 2.41. The molecule has 0 aromatic carbocycles. The van der Waals surface area contributed by atoms with Gasteiger partial charge in [-0.2, -0.15) is 0 Å². The standard InChI is InChI=1S/C21H32N4O2/c1-21(2,3)24-19(26)17-16-11-7-8-14-25(16)18(23-17)20(27)22-13-12-15-9-5-4-6-10-15/h9H,4-8,10-14H2,1-3H3,(H,22,27)(H,24,26). The van der Waals surface area contributed by atoms with Gasteiger partial charge in [-0.15, -0.1) is 0 Å². The Balaban J connectivity index is 1.71. The second-order valence-electron chi connectivity index (χ2n) is 8.66. The minimum Gasteiger partial charge on any atom is -0.349 e. The van der Waals surface area contributed by atoms with Crippen molar-refractivity contribution in [2.24, 2.45) is 0 Å². The van der Waals surface area contributed by atoms with Crippen LogP contribution in [0.5, 0.6) is 0 Å². The number of hydrogen-bond acceptors (Lipinski definition) is 3. The monoisotopic (exact) mass is 372 g/mol. The zero-order chi connectivity index (χ0) is 19.4. The van der Waals surface area contributed by atoms with Crippen LogP contribution in [0.4, 0.5) is 0 Å². The number of aromatic nitrogens is 2. The van der Waals surface area contributed by atoms with Crippen LogP contribution in [0, 0.1) is 0 Å². The summed E-state index contributed by atoms with van der Waals surface area (Å²) < 4.78 is 1.94. The molecule has 0 unspecified atom stereocenters. The van der Waals surface area contributed by atoms with Gasteiger partial charge >= 0.3 is 0 Å². The van der Waals surface area contributed by atoms with Gasteiger partial charge in [-0.25, -0.2) is 4.98 Å². The fraction of sp³-hybridized carbons (Fsp3) is 0.667. The number of amides is 2. The van der Waals surface area contributed by atoms with E-state index in [9.17, 15) is 9.59 Å². The number of hydrogen-bond donors (Lipinski definition) is 2. The molecular formula is C21H32N4O2. The lowest BCUT2D eigenvalue weighted by Crippen LogP contribution is -2.41. The lowest BCUT2D eigenvalue weighted by Gasteiger charge is -2.21. The Morgan fingerprint density at radius 1 is 1.11 bits per heavy atom. The lowest BCUT2D eigenvalue weighted by molar-refractivity contribution is 0.0913. The van der Waals surface area contributed by atoms with Crippen molar-refractivity contribution in [1.29, 1.82) is 0 Å². The van der Waals surface area contributed by atoms with Crippen LogP contribution in [-0.2, 0) is 13.0 Å². The number of nitrogens with one attached hydrogen (secondary N) is 2. The van der Waals surface area contributed by atoms with E-state index in [-0.39, 0.29) is 17.4 Å². The Kier molecular flexibility index (Phi) is 6.02. The summed E-state index contributed by atoms with van der Waals surface area (Å²) in [6.07, 6.45) is 10.9. The summed E-state index contributed by atoms with van der Waals surface area (Å²) in [5, 5.41) is 5.97. The van der Waals surface area contributed by atoms with Gasteiger partial charge in [-0.3, -0.25) is 9.59 Å². The van der Waals surface area contributed by atoms with E-state index < -0.39 is 0 Å². The Morgan fingerprint density at radius 2 is 1.89 bits per heavy atom. The first kappa shape index (κ1) is 19.6. The first-order valence-electron chi connectivity index (χ1n) is 10.2. The highest BCUT2D eigenvalue weighted by Crippen LogP contribution is 2.22. The molecule has 0 radical (unpaired) electrons. The normalized spacial score (nSPS) is 17.1. The highest BCUT2D eigenvalue weighted by molar-refractivity contribution is 5.97. The second kappa shape index (κ2) is 8.28. The van der Waals surface area contributed by atoms with E-state index in [0.717, 1.165) is 50.8 Å². The van der Waals surface area contributed by atoms with Crippen molar-refractivity contribution in [2.45, 2.75) is 84.2 Å². The first-order chi connectivity index (χ1) is 12.8. The lowest BCUT2D eigenvalue weighted by atomic mass is 9.97. The molecule has 2 N–H and O–H groups in total. The van der Waals surface area contributed by atoms with Crippen molar-refractivity contribution >= 4 is 11.8 Å². The molecule has 3 rings (SSSR count). The molecule has 1 aromatic rings. The molecule has 2 aliphatic rings. The Hall–Kier alpha value is -2.11. The minimum atomic E-state index is -0.335. The van der Waals surface area contributed by atoms with E-state index in [0.29, 0.717) is 18.1 Å². The number of nitrogens with zero attached hydrogens (tertiary/aromatic N) is 2. The Bertz CT molecular complexity index is 740. The van der Waals surface area contributed by atoms with Gasteiger partial charge in [0.1, 0.15) is 5.69 Å². The summed E-state index contributed by atoms with van der Waals surface area (Å²) in [4.78, 5) is 29.9.